The standard InChI is InChI=1S/C17H23N5O2/c1-4-9-18-16(23)14-5-7-15(8-6-14)20-17(24)21(2)11-13-10-19-22(3)12-13/h5-8,10,12H,4,9,11H2,1-3H3,(H,18,23)(H,20,24). The van der Waals surface area contributed by atoms with Gasteiger partial charge in [0.15, 0.2) is 0 Å². The van der Waals surface area contributed by atoms with Crippen molar-refractivity contribution in [1.29, 1.82) is 0 Å². The van der Waals surface area contributed by atoms with Crippen LogP contribution in [0.4, 0.5) is 10.5 Å². The van der Waals surface area contributed by atoms with Gasteiger partial charge in [-0.25, -0.2) is 4.79 Å². The number of nitrogens with one attached hydrogen (secondary N) is 2. The Morgan fingerprint density at radius 3 is 2.54 bits per heavy atom. The molecule has 0 atom stereocenters. The first kappa shape index (κ1) is 17.5. The first-order valence-electron chi connectivity index (χ1n) is 7.87. The molecule has 7 heteroatoms. The highest BCUT2D eigenvalue weighted by Crippen LogP contribution is 2.11. The molecule has 2 N–H and O–H groups in total. The molecule has 2 rings (SSSR count). The average Bonchev–Trinajstić information content (AvgIpc) is 2.98. The van der Waals surface area contributed by atoms with Gasteiger partial charge in [-0.1, -0.05) is 6.92 Å². The molecule has 24 heavy (non-hydrogen) atoms. The lowest BCUT2D eigenvalue weighted by atomic mass is 10.2. The Hall–Kier alpha value is -2.83. The minimum Gasteiger partial charge on any atom is -0.352 e. The summed E-state index contributed by atoms with van der Waals surface area (Å²) in [5.41, 5.74) is 2.17. The number of hydrogen-bond donors (Lipinski definition) is 2. The molecule has 1 heterocycles. The normalized spacial score (nSPS) is 10.3. The summed E-state index contributed by atoms with van der Waals surface area (Å²) in [4.78, 5) is 25.6. The zero-order valence-electron chi connectivity index (χ0n) is 14.2. The van der Waals surface area contributed by atoms with Crippen LogP contribution in [0.15, 0.2) is 36.7 Å². The summed E-state index contributed by atoms with van der Waals surface area (Å²) in [5, 5.41) is 9.70. The van der Waals surface area contributed by atoms with Gasteiger partial charge < -0.3 is 15.5 Å². The molecule has 0 aliphatic heterocycles. The average molecular weight is 329 g/mol. The third-order valence-electron chi connectivity index (χ3n) is 3.46. The summed E-state index contributed by atoms with van der Waals surface area (Å²) in [7, 11) is 3.55. The molecule has 0 saturated heterocycles. The van der Waals surface area contributed by atoms with Crippen LogP contribution in [0, 0.1) is 0 Å². The van der Waals surface area contributed by atoms with Crippen molar-refractivity contribution in [2.45, 2.75) is 19.9 Å². The van der Waals surface area contributed by atoms with Crippen LogP contribution in [-0.2, 0) is 13.6 Å². The van der Waals surface area contributed by atoms with Crippen LogP contribution in [0.25, 0.3) is 0 Å². The Kier molecular flexibility index (Phi) is 5.95. The van der Waals surface area contributed by atoms with E-state index in [1.807, 2.05) is 20.2 Å². The van der Waals surface area contributed by atoms with Gasteiger partial charge in [-0.15, -0.1) is 0 Å². The Morgan fingerprint density at radius 1 is 1.25 bits per heavy atom. The van der Waals surface area contributed by atoms with Gasteiger partial charge in [0, 0.05) is 43.7 Å². The van der Waals surface area contributed by atoms with Crippen LogP contribution in [0.1, 0.15) is 29.3 Å². The summed E-state index contributed by atoms with van der Waals surface area (Å²) in [6, 6.07) is 6.61. The summed E-state index contributed by atoms with van der Waals surface area (Å²) in [6.07, 6.45) is 4.49. The molecule has 0 radical (unpaired) electrons. The van der Waals surface area contributed by atoms with Gasteiger partial charge in [0.05, 0.1) is 12.7 Å². The maximum absolute atomic E-state index is 12.2. The van der Waals surface area contributed by atoms with E-state index in [-0.39, 0.29) is 11.9 Å². The fourth-order valence-corrected chi connectivity index (χ4v) is 2.16. The highest BCUT2D eigenvalue weighted by molar-refractivity contribution is 5.95. The Balaban J connectivity index is 1.90. The summed E-state index contributed by atoms with van der Waals surface area (Å²) in [5.74, 6) is -0.108. The third-order valence-corrected chi connectivity index (χ3v) is 3.46. The molecule has 0 unspecified atom stereocenters. The van der Waals surface area contributed by atoms with E-state index in [0.29, 0.717) is 24.3 Å². The number of anilines is 1. The third kappa shape index (κ3) is 4.84. The topological polar surface area (TPSA) is 79.3 Å². The Bertz CT molecular complexity index is 693. The molecule has 0 aliphatic carbocycles. The molecule has 0 fully saturated rings. The number of benzene rings is 1. The number of aromatic nitrogens is 2. The lowest BCUT2D eigenvalue weighted by molar-refractivity contribution is 0.0953. The van der Waals surface area contributed by atoms with Gasteiger partial charge >= 0.3 is 6.03 Å². The lowest BCUT2D eigenvalue weighted by Gasteiger charge is -2.17. The zero-order chi connectivity index (χ0) is 17.5. The SMILES string of the molecule is CCCNC(=O)c1ccc(NC(=O)N(C)Cc2cnn(C)c2)cc1. The van der Waals surface area contributed by atoms with E-state index < -0.39 is 0 Å². The van der Waals surface area contributed by atoms with Gasteiger partial charge in [-0.05, 0) is 30.7 Å². The Labute approximate surface area is 141 Å². The first-order chi connectivity index (χ1) is 11.5. The largest absolute Gasteiger partial charge is 0.352 e. The predicted octanol–water partition coefficient (Wildman–Crippen LogP) is 2.22. The van der Waals surface area contributed by atoms with Crippen molar-refractivity contribution in [3.05, 3.63) is 47.8 Å². The van der Waals surface area contributed by atoms with Crippen molar-refractivity contribution in [3.8, 4) is 0 Å². The van der Waals surface area contributed by atoms with E-state index in [9.17, 15) is 9.59 Å². The molecule has 0 aliphatic rings. The van der Waals surface area contributed by atoms with Crippen LogP contribution in [0.3, 0.4) is 0 Å². The second-order valence-corrected chi connectivity index (χ2v) is 5.64. The fourth-order valence-electron chi connectivity index (χ4n) is 2.16. The minimum absolute atomic E-state index is 0.108. The van der Waals surface area contributed by atoms with E-state index in [1.165, 1.54) is 0 Å². The number of amides is 3. The number of rotatable bonds is 6. The maximum Gasteiger partial charge on any atom is 0.321 e. The fraction of sp³-hybridized carbons (Fsp3) is 0.353. The van der Waals surface area contributed by atoms with Crippen LogP contribution in [0.5, 0.6) is 0 Å². The number of carbonyl (C=O) groups excluding carboxylic acids is 2. The molecule has 1 aromatic carbocycles. The smallest absolute Gasteiger partial charge is 0.321 e. The highest BCUT2D eigenvalue weighted by Gasteiger charge is 2.11. The second-order valence-electron chi connectivity index (χ2n) is 5.64. The van der Waals surface area contributed by atoms with Crippen LogP contribution < -0.4 is 10.6 Å². The minimum atomic E-state index is -0.220. The zero-order valence-corrected chi connectivity index (χ0v) is 14.2. The molecule has 0 saturated carbocycles. The molecular weight excluding hydrogens is 306 g/mol. The predicted molar refractivity (Wildman–Crippen MR) is 92.8 cm³/mol. The van der Waals surface area contributed by atoms with Gasteiger partial charge in [-0.3, -0.25) is 9.48 Å². The number of aryl methyl sites for hydroxylation is 1. The van der Waals surface area contributed by atoms with Crippen LogP contribution >= 0.6 is 0 Å². The van der Waals surface area contributed by atoms with Crippen LogP contribution in [0.2, 0.25) is 0 Å². The van der Waals surface area contributed by atoms with Crippen molar-refractivity contribution < 1.29 is 9.59 Å². The lowest BCUT2D eigenvalue weighted by Crippen LogP contribution is -2.30. The van der Waals surface area contributed by atoms with Crippen molar-refractivity contribution in [2.24, 2.45) is 7.05 Å². The van der Waals surface area contributed by atoms with Crippen molar-refractivity contribution in [3.63, 3.8) is 0 Å². The molecule has 0 bridgehead atoms. The molecule has 3 amide bonds. The molecule has 0 spiro atoms. The van der Waals surface area contributed by atoms with Crippen molar-refractivity contribution >= 4 is 17.6 Å². The molecule has 7 nitrogen and oxygen atoms in total. The molecule has 2 aromatic rings. The van der Waals surface area contributed by atoms with E-state index in [2.05, 4.69) is 15.7 Å². The van der Waals surface area contributed by atoms with E-state index in [0.717, 1.165) is 12.0 Å². The van der Waals surface area contributed by atoms with Crippen LogP contribution in [-0.4, -0.2) is 40.2 Å². The van der Waals surface area contributed by atoms with Gasteiger partial charge in [-0.2, -0.15) is 5.10 Å². The van der Waals surface area contributed by atoms with Gasteiger partial charge in [0.25, 0.3) is 5.91 Å². The molecular formula is C17H23N5O2. The number of nitrogens with zero attached hydrogens (tertiary/aromatic N) is 3. The van der Waals surface area contributed by atoms with Gasteiger partial charge in [0.1, 0.15) is 0 Å². The van der Waals surface area contributed by atoms with Crippen molar-refractivity contribution in [1.82, 2.24) is 20.0 Å². The Morgan fingerprint density at radius 2 is 1.96 bits per heavy atom. The maximum atomic E-state index is 12.2. The monoisotopic (exact) mass is 329 g/mol. The molecule has 128 valence electrons. The first-order valence-corrected chi connectivity index (χ1v) is 7.87. The number of urea groups is 1. The molecule has 1 aromatic heterocycles. The summed E-state index contributed by atoms with van der Waals surface area (Å²) >= 11 is 0. The quantitative estimate of drug-likeness (QED) is 0.853. The second kappa shape index (κ2) is 8.14. The van der Waals surface area contributed by atoms with E-state index in [1.54, 1.807) is 47.1 Å². The van der Waals surface area contributed by atoms with Crippen molar-refractivity contribution in [2.75, 3.05) is 18.9 Å². The van der Waals surface area contributed by atoms with E-state index >= 15 is 0 Å². The summed E-state index contributed by atoms with van der Waals surface area (Å²) in [6.45, 7) is 3.12. The van der Waals surface area contributed by atoms with Gasteiger partial charge in [0.2, 0.25) is 0 Å². The summed E-state index contributed by atoms with van der Waals surface area (Å²) < 4.78 is 1.70. The number of hydrogen-bond acceptors (Lipinski definition) is 3. The number of carbonyl (C=O) groups is 2. The highest BCUT2D eigenvalue weighted by atomic mass is 16.2. The van der Waals surface area contributed by atoms with E-state index in [4.69, 9.17) is 0 Å².